The summed E-state index contributed by atoms with van der Waals surface area (Å²) in [4.78, 5) is 10.1. The molecule has 0 radical (unpaired) electrons. The summed E-state index contributed by atoms with van der Waals surface area (Å²) in [6, 6.07) is 72.4. The van der Waals surface area contributed by atoms with Gasteiger partial charge in [-0.05, 0) is 90.0 Å². The summed E-state index contributed by atoms with van der Waals surface area (Å²) >= 11 is 0. The van der Waals surface area contributed by atoms with Crippen LogP contribution in [0.3, 0.4) is 0 Å². The normalized spacial score (nSPS) is 13.5. The molecule has 1 aliphatic carbocycles. The zero-order valence-electron chi connectivity index (χ0n) is 34.9. The average Bonchev–Trinajstić information content (AvgIpc) is 4.08. The van der Waals surface area contributed by atoms with Crippen molar-refractivity contribution in [1.29, 1.82) is 0 Å². The monoisotopic (exact) mass is 829 g/mol. The molecule has 2 aliphatic rings. The van der Waals surface area contributed by atoms with Gasteiger partial charge >= 0.3 is 0 Å². The fourth-order valence-electron chi connectivity index (χ4n) is 11.7. The first-order valence-electron chi connectivity index (χ1n) is 22.2. The van der Waals surface area contributed by atoms with Crippen LogP contribution in [-0.4, -0.2) is 23.7 Å². The molecule has 8 aromatic carbocycles. The van der Waals surface area contributed by atoms with Crippen molar-refractivity contribution in [3.8, 4) is 39.9 Å². The van der Waals surface area contributed by atoms with Gasteiger partial charge < -0.3 is 18.4 Å². The van der Waals surface area contributed by atoms with E-state index in [4.69, 9.17) is 14.7 Å². The summed E-state index contributed by atoms with van der Waals surface area (Å²) in [5.41, 5.74) is 15.4. The standard InChI is InChI=1S/C59H35N5O/c1-6-21-47-38(14-1)39-15-2-7-22-48(39)62(47)36-29-31-52-43(34-36)42-18-5-8-23-49(42)63(52)37-28-30-44-55(35-37)65-54-27-11-26-53(64-50-24-9-3-16-40(50)41-17-4-10-25-51(41)64)56(54)59(44)45-19-12-32-60-57(45)58-46(59)20-13-33-61-58/h1-35H. The summed E-state index contributed by atoms with van der Waals surface area (Å²) in [6.45, 7) is 0. The first-order valence-corrected chi connectivity index (χ1v) is 22.2. The number of benzene rings is 8. The van der Waals surface area contributed by atoms with Crippen molar-refractivity contribution in [2.75, 3.05) is 0 Å². The number of hydrogen-bond donors (Lipinski definition) is 0. The molecule has 5 aromatic heterocycles. The van der Waals surface area contributed by atoms with Crippen LogP contribution in [0.1, 0.15) is 22.3 Å². The van der Waals surface area contributed by atoms with Gasteiger partial charge in [0.05, 0.1) is 55.6 Å². The zero-order chi connectivity index (χ0) is 42.4. The SMILES string of the molecule is c1cc2c(c(-n3c4ccccc4c4ccccc43)c1)C1(c3ccc(-n4c5ccccc5c5cc(-n6c7ccccc7c7ccccc76)ccc54)cc3O2)c2cccnc2-c2ncccc21. The van der Waals surface area contributed by atoms with Crippen molar-refractivity contribution in [1.82, 2.24) is 23.7 Å². The molecule has 302 valence electrons. The third kappa shape index (κ3) is 4.42. The number of nitrogens with zero attached hydrogens (tertiary/aromatic N) is 5. The predicted molar refractivity (Wildman–Crippen MR) is 262 cm³/mol. The maximum absolute atomic E-state index is 7.30. The lowest BCUT2D eigenvalue weighted by Crippen LogP contribution is -2.33. The highest BCUT2D eigenvalue weighted by Crippen LogP contribution is 2.63. The maximum atomic E-state index is 7.30. The lowest BCUT2D eigenvalue weighted by molar-refractivity contribution is 0.435. The van der Waals surface area contributed by atoms with Crippen LogP contribution in [0.15, 0.2) is 213 Å². The van der Waals surface area contributed by atoms with E-state index in [0.717, 1.165) is 84.3 Å². The number of pyridine rings is 2. The van der Waals surface area contributed by atoms with Gasteiger partial charge in [-0.1, -0.05) is 115 Å². The topological polar surface area (TPSA) is 49.8 Å². The van der Waals surface area contributed by atoms with Crippen molar-refractivity contribution >= 4 is 65.4 Å². The molecule has 6 nitrogen and oxygen atoms in total. The van der Waals surface area contributed by atoms with Crippen LogP contribution in [0.5, 0.6) is 11.5 Å². The minimum absolute atomic E-state index is 0.796. The fraction of sp³-hybridized carbons (Fsp3) is 0.0169. The van der Waals surface area contributed by atoms with Gasteiger partial charge in [-0.2, -0.15) is 0 Å². The van der Waals surface area contributed by atoms with Crippen LogP contribution in [0.4, 0.5) is 0 Å². The second-order valence-corrected chi connectivity index (χ2v) is 17.3. The average molecular weight is 830 g/mol. The Labute approximate surface area is 372 Å². The summed E-state index contributed by atoms with van der Waals surface area (Å²) in [6.07, 6.45) is 3.77. The molecule has 6 heterocycles. The van der Waals surface area contributed by atoms with Gasteiger partial charge in [0.25, 0.3) is 0 Å². The second kappa shape index (κ2) is 12.7. The Kier molecular flexibility index (Phi) is 6.79. The summed E-state index contributed by atoms with van der Waals surface area (Å²) in [7, 11) is 0. The Bertz CT molecular complexity index is 4040. The van der Waals surface area contributed by atoms with E-state index in [-0.39, 0.29) is 0 Å². The highest BCUT2D eigenvalue weighted by molar-refractivity contribution is 6.13. The molecule has 1 spiro atoms. The fourth-order valence-corrected chi connectivity index (χ4v) is 11.7. The Morgan fingerprint density at radius 1 is 0.338 bits per heavy atom. The third-order valence-electron chi connectivity index (χ3n) is 14.2. The Morgan fingerprint density at radius 2 is 0.800 bits per heavy atom. The van der Waals surface area contributed by atoms with Gasteiger partial charge in [0.1, 0.15) is 11.5 Å². The number of rotatable bonds is 3. The molecule has 0 saturated carbocycles. The molecule has 1 aliphatic heterocycles. The van der Waals surface area contributed by atoms with Crippen molar-refractivity contribution < 1.29 is 4.74 Å². The second-order valence-electron chi connectivity index (χ2n) is 17.3. The first-order chi connectivity index (χ1) is 32.3. The minimum Gasteiger partial charge on any atom is -0.457 e. The molecule has 65 heavy (non-hydrogen) atoms. The number of hydrogen-bond acceptors (Lipinski definition) is 3. The molecule has 13 aromatic rings. The van der Waals surface area contributed by atoms with E-state index in [2.05, 4.69) is 214 Å². The molecule has 0 N–H and O–H groups in total. The van der Waals surface area contributed by atoms with Gasteiger partial charge in [-0.15, -0.1) is 0 Å². The van der Waals surface area contributed by atoms with Gasteiger partial charge in [0.15, 0.2) is 0 Å². The molecule has 0 fully saturated rings. The van der Waals surface area contributed by atoms with Crippen LogP contribution in [-0.2, 0) is 5.41 Å². The maximum Gasteiger partial charge on any atom is 0.134 e. The van der Waals surface area contributed by atoms with Crippen LogP contribution in [0, 0.1) is 0 Å². The van der Waals surface area contributed by atoms with Crippen LogP contribution >= 0.6 is 0 Å². The lowest BCUT2D eigenvalue weighted by Gasteiger charge is -2.40. The smallest absolute Gasteiger partial charge is 0.134 e. The van der Waals surface area contributed by atoms with E-state index in [1.807, 2.05) is 12.4 Å². The van der Waals surface area contributed by atoms with Crippen LogP contribution in [0.25, 0.3) is 93.9 Å². The Balaban J connectivity index is 0.991. The molecule has 0 amide bonds. The van der Waals surface area contributed by atoms with Gasteiger partial charge in [-0.3, -0.25) is 9.97 Å². The van der Waals surface area contributed by atoms with E-state index in [9.17, 15) is 0 Å². The summed E-state index contributed by atoms with van der Waals surface area (Å²) < 4.78 is 14.5. The lowest BCUT2D eigenvalue weighted by atomic mass is 9.65. The molecule has 6 heteroatoms. The number of ether oxygens (including phenoxy) is 1. The molecular weight excluding hydrogens is 795 g/mol. The molecule has 0 unspecified atom stereocenters. The highest BCUT2D eigenvalue weighted by Gasteiger charge is 2.54. The van der Waals surface area contributed by atoms with Crippen molar-refractivity contribution in [3.05, 3.63) is 235 Å². The predicted octanol–water partition coefficient (Wildman–Crippen LogP) is 14.2. The molecule has 0 atom stereocenters. The third-order valence-corrected chi connectivity index (χ3v) is 14.2. The van der Waals surface area contributed by atoms with Gasteiger partial charge in [0.2, 0.25) is 0 Å². The van der Waals surface area contributed by atoms with Crippen molar-refractivity contribution in [2.24, 2.45) is 0 Å². The zero-order valence-corrected chi connectivity index (χ0v) is 34.9. The largest absolute Gasteiger partial charge is 0.457 e. The first kappa shape index (κ1) is 34.8. The van der Waals surface area contributed by atoms with E-state index in [0.29, 0.717) is 0 Å². The van der Waals surface area contributed by atoms with E-state index in [1.165, 1.54) is 43.4 Å². The van der Waals surface area contributed by atoms with Gasteiger partial charge in [-0.25, -0.2) is 0 Å². The number of fused-ring (bicyclic) bond motifs is 18. The highest BCUT2D eigenvalue weighted by atomic mass is 16.5. The summed E-state index contributed by atoms with van der Waals surface area (Å²) in [5.74, 6) is 1.60. The summed E-state index contributed by atoms with van der Waals surface area (Å²) in [5, 5.41) is 7.30. The van der Waals surface area contributed by atoms with Crippen LogP contribution < -0.4 is 4.74 Å². The van der Waals surface area contributed by atoms with Crippen molar-refractivity contribution in [2.45, 2.75) is 5.41 Å². The quantitative estimate of drug-likeness (QED) is 0.178. The molecule has 15 rings (SSSR count). The van der Waals surface area contributed by atoms with Gasteiger partial charge in [0, 0.05) is 73.3 Å². The number of para-hydroxylation sites is 5. The Hall–Kier alpha value is -8.74. The van der Waals surface area contributed by atoms with Crippen LogP contribution in [0.2, 0.25) is 0 Å². The Morgan fingerprint density at radius 3 is 1.35 bits per heavy atom. The molecule has 0 bridgehead atoms. The van der Waals surface area contributed by atoms with E-state index < -0.39 is 5.41 Å². The van der Waals surface area contributed by atoms with Crippen molar-refractivity contribution in [3.63, 3.8) is 0 Å². The minimum atomic E-state index is -0.796. The molecule has 0 saturated heterocycles. The number of aromatic nitrogens is 5. The molecular formula is C59H35N5O. The van der Waals surface area contributed by atoms with E-state index >= 15 is 0 Å². The van der Waals surface area contributed by atoms with E-state index in [1.54, 1.807) is 0 Å².